The van der Waals surface area contributed by atoms with Crippen LogP contribution in [-0.2, 0) is 11.8 Å². The lowest BCUT2D eigenvalue weighted by Crippen LogP contribution is -2.18. The number of hydrogen-bond acceptors (Lipinski definition) is 0. The Morgan fingerprint density at radius 2 is 1.10 bits per heavy atom. The molecule has 2 rings (SSSR count). The van der Waals surface area contributed by atoms with Gasteiger partial charge in [0, 0.05) is 0 Å². The lowest BCUT2D eigenvalue weighted by molar-refractivity contribution is 0.479. The van der Waals surface area contributed by atoms with Gasteiger partial charge in [0.2, 0.25) is 0 Å². The minimum atomic E-state index is 0.217. The van der Waals surface area contributed by atoms with E-state index in [1.807, 2.05) is 0 Å². The molecule has 0 aliphatic carbocycles. The Hall–Kier alpha value is -1.56. The molecule has 0 aliphatic rings. The maximum atomic E-state index is 2.36. The van der Waals surface area contributed by atoms with Gasteiger partial charge in [0.15, 0.2) is 0 Å². The fraction of sp³-hybridized carbons (Fsp3) is 0.429. The first-order valence-corrected chi connectivity index (χ1v) is 7.92. The summed E-state index contributed by atoms with van der Waals surface area (Å²) < 4.78 is 0. The van der Waals surface area contributed by atoms with Gasteiger partial charge in [-0.1, -0.05) is 72.5 Å². The van der Waals surface area contributed by atoms with Gasteiger partial charge in [-0.15, -0.1) is 0 Å². The summed E-state index contributed by atoms with van der Waals surface area (Å²) in [5.41, 5.74) is 8.61. The Labute approximate surface area is 130 Å². The summed E-state index contributed by atoms with van der Waals surface area (Å²) >= 11 is 0. The molecule has 0 heterocycles. The van der Waals surface area contributed by atoms with E-state index in [2.05, 4.69) is 77.9 Å². The molecule has 2 aromatic carbocycles. The zero-order valence-electron chi connectivity index (χ0n) is 14.4. The van der Waals surface area contributed by atoms with Crippen molar-refractivity contribution in [1.82, 2.24) is 0 Å². The zero-order chi connectivity index (χ0) is 15.6. The first kappa shape index (κ1) is 15.8. The van der Waals surface area contributed by atoms with Gasteiger partial charge in [0.05, 0.1) is 0 Å². The predicted octanol–water partition coefficient (Wildman–Crippen LogP) is 5.83. The van der Waals surface area contributed by atoms with E-state index >= 15 is 0 Å². The van der Waals surface area contributed by atoms with Crippen LogP contribution in [0.5, 0.6) is 0 Å². The molecule has 2 aromatic rings. The van der Waals surface area contributed by atoms with E-state index in [0.29, 0.717) is 0 Å². The summed E-state index contributed by atoms with van der Waals surface area (Å²) in [4.78, 5) is 0. The van der Waals surface area contributed by atoms with Crippen molar-refractivity contribution in [1.29, 1.82) is 0 Å². The second kappa shape index (κ2) is 6.05. The molecule has 21 heavy (non-hydrogen) atoms. The zero-order valence-corrected chi connectivity index (χ0v) is 14.4. The standard InChI is InChI=1S/C21H28/c1-15-9-16(2)12-19(11-15)7-8-21(5,6)20-13-17(3)10-18(4)14-20/h9-14H,7-8H2,1-6H3. The molecule has 0 amide bonds. The van der Waals surface area contributed by atoms with E-state index in [0.717, 1.165) is 6.42 Å². The number of rotatable bonds is 4. The van der Waals surface area contributed by atoms with Crippen LogP contribution in [0.4, 0.5) is 0 Å². The maximum absolute atomic E-state index is 2.36. The molecule has 0 saturated heterocycles. The van der Waals surface area contributed by atoms with Crippen LogP contribution in [0.2, 0.25) is 0 Å². The van der Waals surface area contributed by atoms with Gasteiger partial charge in [-0.25, -0.2) is 0 Å². The fourth-order valence-corrected chi connectivity index (χ4v) is 3.18. The van der Waals surface area contributed by atoms with Crippen molar-refractivity contribution in [2.75, 3.05) is 0 Å². The van der Waals surface area contributed by atoms with Crippen molar-refractivity contribution in [3.05, 3.63) is 69.8 Å². The van der Waals surface area contributed by atoms with Crippen LogP contribution in [-0.4, -0.2) is 0 Å². The molecule has 112 valence electrons. The molecule has 0 N–H and O–H groups in total. The third-order valence-electron chi connectivity index (χ3n) is 4.32. The van der Waals surface area contributed by atoms with Crippen LogP contribution in [0.15, 0.2) is 36.4 Å². The second-order valence-electron chi connectivity index (χ2n) is 7.26. The monoisotopic (exact) mass is 280 g/mol. The van der Waals surface area contributed by atoms with E-state index < -0.39 is 0 Å². The molecule has 0 aliphatic heterocycles. The molecule has 0 spiro atoms. The maximum Gasteiger partial charge on any atom is -0.0100 e. The van der Waals surface area contributed by atoms with Crippen LogP contribution in [0.3, 0.4) is 0 Å². The summed E-state index contributed by atoms with van der Waals surface area (Å²) in [6, 6.07) is 13.8. The highest BCUT2D eigenvalue weighted by Crippen LogP contribution is 2.30. The van der Waals surface area contributed by atoms with E-state index in [4.69, 9.17) is 0 Å². The highest BCUT2D eigenvalue weighted by molar-refractivity contribution is 5.34. The van der Waals surface area contributed by atoms with Crippen molar-refractivity contribution in [2.45, 2.75) is 59.8 Å². The largest absolute Gasteiger partial charge is 0.0564 e. The molecule has 0 saturated carbocycles. The van der Waals surface area contributed by atoms with Gasteiger partial charge < -0.3 is 0 Å². The Bertz CT molecular complexity index is 592. The third kappa shape index (κ3) is 4.20. The summed E-state index contributed by atoms with van der Waals surface area (Å²) in [6.45, 7) is 13.5. The molecule has 0 radical (unpaired) electrons. The fourth-order valence-electron chi connectivity index (χ4n) is 3.18. The van der Waals surface area contributed by atoms with Crippen LogP contribution in [0.25, 0.3) is 0 Å². The quantitative estimate of drug-likeness (QED) is 0.661. The number of aryl methyl sites for hydroxylation is 5. The minimum absolute atomic E-state index is 0.217. The molecule has 0 bridgehead atoms. The van der Waals surface area contributed by atoms with Gasteiger partial charge in [0.1, 0.15) is 0 Å². The Balaban J connectivity index is 2.17. The summed E-state index contributed by atoms with van der Waals surface area (Å²) in [7, 11) is 0. The third-order valence-corrected chi connectivity index (χ3v) is 4.32. The lowest BCUT2D eigenvalue weighted by Gasteiger charge is -2.26. The normalized spacial score (nSPS) is 11.7. The number of hydrogen-bond donors (Lipinski definition) is 0. The average Bonchev–Trinajstić information content (AvgIpc) is 2.34. The Morgan fingerprint density at radius 3 is 1.57 bits per heavy atom. The van der Waals surface area contributed by atoms with Gasteiger partial charge in [-0.2, -0.15) is 0 Å². The highest BCUT2D eigenvalue weighted by atomic mass is 14.3. The molecular formula is C21H28. The van der Waals surface area contributed by atoms with E-state index in [9.17, 15) is 0 Å². The molecule has 0 heteroatoms. The van der Waals surface area contributed by atoms with Gasteiger partial charge in [0.25, 0.3) is 0 Å². The predicted molar refractivity (Wildman–Crippen MR) is 93.2 cm³/mol. The molecule has 0 aromatic heterocycles. The van der Waals surface area contributed by atoms with Crippen molar-refractivity contribution in [2.24, 2.45) is 0 Å². The van der Waals surface area contributed by atoms with Crippen LogP contribution < -0.4 is 0 Å². The topological polar surface area (TPSA) is 0 Å². The van der Waals surface area contributed by atoms with Crippen LogP contribution in [0, 0.1) is 27.7 Å². The van der Waals surface area contributed by atoms with E-state index in [1.165, 1.54) is 39.8 Å². The van der Waals surface area contributed by atoms with Gasteiger partial charge >= 0.3 is 0 Å². The number of benzene rings is 2. The molecule has 0 fully saturated rings. The van der Waals surface area contributed by atoms with Crippen LogP contribution >= 0.6 is 0 Å². The van der Waals surface area contributed by atoms with Crippen molar-refractivity contribution < 1.29 is 0 Å². The highest BCUT2D eigenvalue weighted by Gasteiger charge is 2.21. The summed E-state index contributed by atoms with van der Waals surface area (Å²) in [5.74, 6) is 0. The van der Waals surface area contributed by atoms with E-state index in [-0.39, 0.29) is 5.41 Å². The van der Waals surface area contributed by atoms with Crippen molar-refractivity contribution >= 4 is 0 Å². The molecule has 0 unspecified atom stereocenters. The first-order chi connectivity index (χ1) is 9.76. The first-order valence-electron chi connectivity index (χ1n) is 7.92. The molecule has 0 atom stereocenters. The Kier molecular flexibility index (Phi) is 4.56. The van der Waals surface area contributed by atoms with Crippen molar-refractivity contribution in [3.63, 3.8) is 0 Å². The summed E-state index contributed by atoms with van der Waals surface area (Å²) in [5, 5.41) is 0. The van der Waals surface area contributed by atoms with Gasteiger partial charge in [-0.05, 0) is 57.1 Å². The molecular weight excluding hydrogens is 252 g/mol. The minimum Gasteiger partial charge on any atom is -0.0564 e. The Morgan fingerprint density at radius 1 is 0.667 bits per heavy atom. The molecule has 0 nitrogen and oxygen atoms in total. The summed E-state index contributed by atoms with van der Waals surface area (Å²) in [6.07, 6.45) is 2.32. The van der Waals surface area contributed by atoms with E-state index in [1.54, 1.807) is 0 Å². The van der Waals surface area contributed by atoms with Gasteiger partial charge in [-0.3, -0.25) is 0 Å². The van der Waals surface area contributed by atoms with Crippen molar-refractivity contribution in [3.8, 4) is 0 Å². The van der Waals surface area contributed by atoms with Crippen LogP contribution in [0.1, 0.15) is 53.6 Å². The smallest absolute Gasteiger partial charge is 0.0100 e. The SMILES string of the molecule is Cc1cc(C)cc(CCC(C)(C)c2cc(C)cc(C)c2)c1. The second-order valence-corrected chi connectivity index (χ2v) is 7.26. The lowest BCUT2D eigenvalue weighted by atomic mass is 9.78. The average molecular weight is 280 g/mol.